The van der Waals surface area contributed by atoms with Crippen molar-refractivity contribution < 1.29 is 9.53 Å². The van der Waals surface area contributed by atoms with Crippen molar-refractivity contribution in [3.8, 4) is 5.75 Å². The van der Waals surface area contributed by atoms with E-state index in [2.05, 4.69) is 46.0 Å². The number of rotatable bonds is 6. The highest BCUT2D eigenvalue weighted by Crippen LogP contribution is 2.38. The molecule has 3 aromatic rings. The Labute approximate surface area is 187 Å². The first-order valence-electron chi connectivity index (χ1n) is 11.2. The highest BCUT2D eigenvalue weighted by atomic mass is 35.5. The van der Waals surface area contributed by atoms with E-state index < -0.39 is 0 Å². The molecule has 1 N–H and O–H groups in total. The highest BCUT2D eigenvalue weighted by molar-refractivity contribution is 6.36. The Morgan fingerprint density at radius 3 is 2.90 bits per heavy atom. The molecule has 0 fully saturated rings. The van der Waals surface area contributed by atoms with E-state index in [1.54, 1.807) is 0 Å². The monoisotopic (exact) mass is 437 g/mol. The molecule has 0 radical (unpaired) electrons. The Hall–Kier alpha value is -2.50. The third-order valence-electron chi connectivity index (χ3n) is 6.48. The second kappa shape index (κ2) is 8.56. The smallest absolute Gasteiger partial charge is 0.267 e. The molecule has 2 aliphatic rings. The van der Waals surface area contributed by atoms with E-state index in [9.17, 15) is 4.79 Å². The zero-order valence-corrected chi connectivity index (χ0v) is 18.6. The van der Waals surface area contributed by atoms with Crippen molar-refractivity contribution in [2.24, 2.45) is 0 Å². The summed E-state index contributed by atoms with van der Waals surface area (Å²) in [5.41, 5.74) is 4.48. The summed E-state index contributed by atoms with van der Waals surface area (Å²) in [5, 5.41) is 4.65. The minimum absolute atomic E-state index is 0.0426. The molecule has 0 saturated carbocycles. The lowest BCUT2D eigenvalue weighted by Gasteiger charge is -2.28. The Balaban J connectivity index is 1.23. The predicted molar refractivity (Wildman–Crippen MR) is 124 cm³/mol. The molecule has 1 amide bonds. The Bertz CT molecular complexity index is 1120. The number of benzene rings is 2. The van der Waals surface area contributed by atoms with Gasteiger partial charge in [-0.1, -0.05) is 42.8 Å². The van der Waals surface area contributed by atoms with Crippen molar-refractivity contribution in [2.45, 2.75) is 45.4 Å². The predicted octanol–water partition coefficient (Wildman–Crippen LogP) is 4.64. The first-order chi connectivity index (χ1) is 15.1. The summed E-state index contributed by atoms with van der Waals surface area (Å²) in [6.07, 6.45) is 2.99. The van der Waals surface area contributed by atoms with Gasteiger partial charge in [-0.15, -0.1) is 0 Å². The lowest BCUT2D eigenvalue weighted by molar-refractivity contribution is 0.0935. The molecule has 2 aliphatic heterocycles. The van der Waals surface area contributed by atoms with Crippen molar-refractivity contribution in [1.82, 2.24) is 14.8 Å². The zero-order chi connectivity index (χ0) is 21.4. The Kier molecular flexibility index (Phi) is 5.63. The molecule has 0 aliphatic carbocycles. The topological polar surface area (TPSA) is 46.5 Å². The highest BCUT2D eigenvalue weighted by Gasteiger charge is 2.27. The molecular formula is C25H28ClN3O2. The number of amides is 1. The van der Waals surface area contributed by atoms with Crippen molar-refractivity contribution in [3.05, 3.63) is 64.3 Å². The lowest BCUT2D eigenvalue weighted by atomic mass is 10.00. The van der Waals surface area contributed by atoms with Crippen molar-refractivity contribution in [2.75, 3.05) is 19.6 Å². The summed E-state index contributed by atoms with van der Waals surface area (Å²) >= 11 is 6.41. The van der Waals surface area contributed by atoms with E-state index >= 15 is 0 Å². The van der Waals surface area contributed by atoms with Crippen LogP contribution in [0.5, 0.6) is 5.75 Å². The first kappa shape index (κ1) is 20.4. The minimum Gasteiger partial charge on any atom is -0.486 e. The molecule has 2 aromatic carbocycles. The second-order valence-corrected chi connectivity index (χ2v) is 8.91. The fourth-order valence-electron chi connectivity index (χ4n) is 4.76. The quantitative estimate of drug-likeness (QED) is 0.571. The number of carbonyl (C=O) groups is 1. The van der Waals surface area contributed by atoms with E-state index in [0.717, 1.165) is 55.5 Å². The average molecular weight is 438 g/mol. The van der Waals surface area contributed by atoms with Crippen molar-refractivity contribution in [1.29, 1.82) is 0 Å². The summed E-state index contributed by atoms with van der Waals surface area (Å²) in [4.78, 5) is 15.5. The molecule has 1 aromatic heterocycles. The number of hydrogen-bond acceptors (Lipinski definition) is 3. The molecule has 5 rings (SSSR count). The molecule has 0 saturated heterocycles. The van der Waals surface area contributed by atoms with Gasteiger partial charge in [-0.05, 0) is 48.6 Å². The van der Waals surface area contributed by atoms with Gasteiger partial charge in [0.1, 0.15) is 17.5 Å². The van der Waals surface area contributed by atoms with Crippen LogP contribution in [0, 0.1) is 0 Å². The number of aromatic nitrogens is 1. The molecule has 5 nitrogen and oxygen atoms in total. The minimum atomic E-state index is -0.0426. The zero-order valence-electron chi connectivity index (χ0n) is 17.9. The molecule has 6 heteroatoms. The van der Waals surface area contributed by atoms with Crippen LogP contribution in [0.25, 0.3) is 10.9 Å². The lowest BCUT2D eigenvalue weighted by Crippen LogP contribution is -2.35. The third kappa shape index (κ3) is 3.92. The van der Waals surface area contributed by atoms with Gasteiger partial charge in [-0.25, -0.2) is 0 Å². The van der Waals surface area contributed by atoms with E-state index in [-0.39, 0.29) is 12.0 Å². The maximum atomic E-state index is 13.0. The summed E-state index contributed by atoms with van der Waals surface area (Å²) in [6, 6.07) is 14.3. The van der Waals surface area contributed by atoms with Crippen LogP contribution in [0.1, 0.15) is 41.4 Å². The first-order valence-corrected chi connectivity index (χ1v) is 11.6. The maximum absolute atomic E-state index is 13.0. The fourth-order valence-corrected chi connectivity index (χ4v) is 4.97. The van der Waals surface area contributed by atoms with Gasteiger partial charge >= 0.3 is 0 Å². The number of carbonyl (C=O) groups excluding carboxylic acids is 1. The SMILES string of the molecule is CC[C@@H]1Cn2c(C(=O)NCCCN3CCc4ccccc4C3)cc3c(Cl)ccc(c32)O1. The number of fused-ring (bicyclic) bond motifs is 1. The summed E-state index contributed by atoms with van der Waals surface area (Å²) in [7, 11) is 0. The van der Waals surface area contributed by atoms with Crippen LogP contribution in [0.3, 0.4) is 0 Å². The average Bonchev–Trinajstić information content (AvgIpc) is 3.19. The van der Waals surface area contributed by atoms with E-state index in [1.807, 2.05) is 18.2 Å². The molecule has 162 valence electrons. The number of halogens is 1. The van der Waals surface area contributed by atoms with Crippen molar-refractivity contribution >= 4 is 28.4 Å². The number of hydrogen-bond donors (Lipinski definition) is 1. The number of ether oxygens (including phenoxy) is 1. The van der Waals surface area contributed by atoms with E-state index in [1.165, 1.54) is 11.1 Å². The molecule has 0 unspecified atom stereocenters. The van der Waals surface area contributed by atoms with Crippen LogP contribution in [0.4, 0.5) is 0 Å². The van der Waals surface area contributed by atoms with Gasteiger partial charge in [0.05, 0.1) is 17.1 Å². The standard InChI is InChI=1S/C25H28ClN3O2/c1-2-19-16-29-22(14-20-21(26)8-9-23(31-19)24(20)29)25(30)27-11-5-12-28-13-10-17-6-3-4-7-18(17)15-28/h3-4,6-9,14,19H,2,5,10-13,15-16H2,1H3,(H,27,30)/t19-/m1/s1. The van der Waals surface area contributed by atoms with Gasteiger partial charge in [0.2, 0.25) is 0 Å². The summed E-state index contributed by atoms with van der Waals surface area (Å²) < 4.78 is 8.15. The molecule has 0 bridgehead atoms. The number of nitrogens with one attached hydrogen (secondary N) is 1. The van der Waals surface area contributed by atoms with E-state index in [4.69, 9.17) is 16.3 Å². The fraction of sp³-hybridized carbons (Fsp3) is 0.400. The van der Waals surface area contributed by atoms with Crippen LogP contribution < -0.4 is 10.1 Å². The van der Waals surface area contributed by atoms with E-state index in [0.29, 0.717) is 23.8 Å². The van der Waals surface area contributed by atoms with Gasteiger partial charge < -0.3 is 14.6 Å². The molecular weight excluding hydrogens is 410 g/mol. The third-order valence-corrected chi connectivity index (χ3v) is 6.81. The van der Waals surface area contributed by atoms with Crippen LogP contribution in [-0.4, -0.2) is 41.1 Å². The molecule has 31 heavy (non-hydrogen) atoms. The summed E-state index contributed by atoms with van der Waals surface area (Å²) in [5.74, 6) is 0.765. The molecule has 0 spiro atoms. The summed E-state index contributed by atoms with van der Waals surface area (Å²) in [6.45, 7) is 6.50. The van der Waals surface area contributed by atoms with Gasteiger partial charge in [-0.2, -0.15) is 0 Å². The van der Waals surface area contributed by atoms with Gasteiger partial charge in [0, 0.05) is 31.6 Å². The Morgan fingerprint density at radius 2 is 2.06 bits per heavy atom. The van der Waals surface area contributed by atoms with Crippen LogP contribution in [0.15, 0.2) is 42.5 Å². The maximum Gasteiger partial charge on any atom is 0.267 e. The molecule has 3 heterocycles. The molecule has 1 atom stereocenters. The number of nitrogens with zero attached hydrogens (tertiary/aromatic N) is 2. The van der Waals surface area contributed by atoms with Crippen LogP contribution in [-0.2, 0) is 19.5 Å². The Morgan fingerprint density at radius 1 is 1.23 bits per heavy atom. The van der Waals surface area contributed by atoms with Gasteiger partial charge in [-0.3, -0.25) is 9.69 Å². The van der Waals surface area contributed by atoms with Crippen LogP contribution in [0.2, 0.25) is 5.02 Å². The van der Waals surface area contributed by atoms with Gasteiger partial charge in [0.15, 0.2) is 0 Å². The normalized spacial score (nSPS) is 17.9. The second-order valence-electron chi connectivity index (χ2n) is 8.50. The van der Waals surface area contributed by atoms with Crippen molar-refractivity contribution in [3.63, 3.8) is 0 Å². The van der Waals surface area contributed by atoms with Gasteiger partial charge in [0.25, 0.3) is 5.91 Å². The van der Waals surface area contributed by atoms with Crippen LogP contribution >= 0.6 is 11.6 Å². The largest absolute Gasteiger partial charge is 0.486 e.